The van der Waals surface area contributed by atoms with Gasteiger partial charge in [0.25, 0.3) is 0 Å². The third-order valence-corrected chi connectivity index (χ3v) is 4.36. The first-order chi connectivity index (χ1) is 12.8. The van der Waals surface area contributed by atoms with E-state index in [2.05, 4.69) is 16.5 Å². The minimum absolute atomic E-state index is 0. The van der Waals surface area contributed by atoms with E-state index in [9.17, 15) is 9.67 Å². The Bertz CT molecular complexity index is 326. The maximum atomic E-state index is 10.3. The molecule has 0 heterocycles. The third-order valence-electron chi connectivity index (χ3n) is 4.06. The van der Waals surface area contributed by atoms with Gasteiger partial charge in [-0.1, -0.05) is 110 Å². The second-order valence-corrected chi connectivity index (χ2v) is 8.67. The third kappa shape index (κ3) is 37.7. The molecule has 0 aromatic heterocycles. The van der Waals surface area contributed by atoms with Gasteiger partial charge in [-0.15, -0.1) is 11.3 Å². The van der Waals surface area contributed by atoms with Crippen LogP contribution in [0.25, 0.3) is 0 Å². The largest absolute Gasteiger partial charge is 1.00 e. The summed E-state index contributed by atoms with van der Waals surface area (Å²) in [5.74, 6) is 0.329. The van der Waals surface area contributed by atoms with E-state index < -0.39 is 7.82 Å². The van der Waals surface area contributed by atoms with Gasteiger partial charge >= 0.3 is 37.4 Å². The molecule has 0 spiro atoms. The van der Waals surface area contributed by atoms with Crippen LogP contribution in [0.3, 0.4) is 0 Å². The van der Waals surface area contributed by atoms with Crippen LogP contribution in [0.15, 0.2) is 0 Å². The SMILES string of the molecule is CC(C)C[O-].CCCCCCCCCCCCCCCCOOP(=O)(O)O.[Na+]. The van der Waals surface area contributed by atoms with Gasteiger partial charge < -0.3 is 14.9 Å². The average molecular weight is 435 g/mol. The first-order valence-electron chi connectivity index (χ1n) is 10.8. The Kier molecular flexibility index (Phi) is 31.3. The van der Waals surface area contributed by atoms with Crippen LogP contribution >= 0.6 is 7.82 Å². The molecule has 0 amide bonds. The van der Waals surface area contributed by atoms with E-state index in [0.717, 1.165) is 19.3 Å². The topological polar surface area (TPSA) is 99.0 Å². The molecule has 28 heavy (non-hydrogen) atoms. The van der Waals surface area contributed by atoms with Crippen LogP contribution in [0.4, 0.5) is 0 Å². The van der Waals surface area contributed by atoms with E-state index in [-0.39, 0.29) is 42.8 Å². The molecule has 0 saturated heterocycles. The van der Waals surface area contributed by atoms with Gasteiger partial charge in [0.15, 0.2) is 0 Å². The van der Waals surface area contributed by atoms with Gasteiger partial charge in [0.1, 0.15) is 0 Å². The summed E-state index contributed by atoms with van der Waals surface area (Å²) in [6.07, 6.45) is 17.8. The van der Waals surface area contributed by atoms with Crippen molar-refractivity contribution in [2.24, 2.45) is 5.92 Å². The fraction of sp³-hybridized carbons (Fsp3) is 1.00. The Hall–Kier alpha value is 1.03. The van der Waals surface area contributed by atoms with Gasteiger partial charge in [0.2, 0.25) is 0 Å². The van der Waals surface area contributed by atoms with E-state index in [4.69, 9.17) is 9.79 Å². The second-order valence-electron chi connectivity index (χ2n) is 7.54. The van der Waals surface area contributed by atoms with Crippen molar-refractivity contribution in [3.8, 4) is 0 Å². The summed E-state index contributed by atoms with van der Waals surface area (Å²) in [7, 11) is -4.48. The molecule has 0 radical (unpaired) electrons. The Morgan fingerprint density at radius 3 is 1.39 bits per heavy atom. The van der Waals surface area contributed by atoms with Gasteiger partial charge in [0.05, 0.1) is 6.61 Å². The smallest absolute Gasteiger partial charge is 0.854 e. The van der Waals surface area contributed by atoms with Gasteiger partial charge in [-0.3, -0.25) is 0 Å². The van der Waals surface area contributed by atoms with E-state index in [1.807, 2.05) is 13.8 Å². The molecule has 2 N–H and O–H groups in total. The van der Waals surface area contributed by atoms with Crippen LogP contribution < -0.4 is 34.7 Å². The summed E-state index contributed by atoms with van der Waals surface area (Å²) in [6, 6.07) is 0. The van der Waals surface area contributed by atoms with Crippen molar-refractivity contribution in [3.63, 3.8) is 0 Å². The fourth-order valence-corrected chi connectivity index (χ4v) is 2.67. The van der Waals surface area contributed by atoms with Crippen LogP contribution in [0.1, 0.15) is 111 Å². The quantitative estimate of drug-likeness (QED) is 0.113. The Balaban J connectivity index is -0.000000918. The molecule has 0 aromatic rings. The summed E-state index contributed by atoms with van der Waals surface area (Å²) >= 11 is 0. The van der Waals surface area contributed by atoms with Crippen molar-refractivity contribution >= 4 is 7.82 Å². The van der Waals surface area contributed by atoms with Gasteiger partial charge in [-0.05, 0) is 6.42 Å². The summed E-state index contributed by atoms with van der Waals surface area (Å²) in [6.45, 7) is 6.37. The number of hydrogen-bond donors (Lipinski definition) is 2. The fourth-order valence-electron chi connectivity index (χ4n) is 2.46. The summed E-state index contributed by atoms with van der Waals surface area (Å²) in [5.41, 5.74) is 0. The Morgan fingerprint density at radius 1 is 0.786 bits per heavy atom. The van der Waals surface area contributed by atoms with Gasteiger partial charge in [0, 0.05) is 0 Å². The molecule has 166 valence electrons. The normalized spacial score (nSPS) is 11.1. The van der Waals surface area contributed by atoms with Gasteiger partial charge in [-0.2, -0.15) is 0 Å². The molecular formula is C20H44NaO6P. The van der Waals surface area contributed by atoms with Crippen molar-refractivity contribution in [1.82, 2.24) is 0 Å². The monoisotopic (exact) mass is 434 g/mol. The molecule has 0 aliphatic rings. The molecule has 0 aliphatic heterocycles. The number of hydrogen-bond acceptors (Lipinski definition) is 4. The predicted molar refractivity (Wildman–Crippen MR) is 109 cm³/mol. The van der Waals surface area contributed by atoms with Crippen molar-refractivity contribution < 1.29 is 58.6 Å². The molecule has 0 bridgehead atoms. The van der Waals surface area contributed by atoms with Crippen LogP contribution in [0.2, 0.25) is 0 Å². The van der Waals surface area contributed by atoms with E-state index >= 15 is 0 Å². The minimum atomic E-state index is -4.48. The number of unbranched alkanes of at least 4 members (excludes halogenated alkanes) is 13. The maximum absolute atomic E-state index is 10.3. The van der Waals surface area contributed by atoms with Crippen LogP contribution in [-0.2, 0) is 14.1 Å². The van der Waals surface area contributed by atoms with Crippen molar-refractivity contribution in [2.45, 2.75) is 111 Å². The molecule has 6 nitrogen and oxygen atoms in total. The zero-order valence-corrected chi connectivity index (χ0v) is 21.8. The second kappa shape index (κ2) is 26.1. The number of rotatable bonds is 18. The first-order valence-corrected chi connectivity index (χ1v) is 12.3. The summed E-state index contributed by atoms with van der Waals surface area (Å²) in [5, 5.41) is 9.63. The maximum Gasteiger partial charge on any atom is 1.00 e. The molecule has 0 fully saturated rings. The zero-order chi connectivity index (χ0) is 20.8. The van der Waals surface area contributed by atoms with E-state index in [1.165, 1.54) is 70.6 Å². The standard InChI is InChI=1S/C16H35O5P.C4H9O.Na/c1-2-3-4-5-6-7-8-9-10-11-12-13-14-15-16-20-21-22(17,18)19;1-4(2)3-5;/h2-16H2,1H3,(H2,17,18,19);4H,3H2,1-2H3;/q;-1;+1. The molecule has 0 saturated carbocycles. The molecule has 0 rings (SSSR count). The molecular weight excluding hydrogens is 390 g/mol. The Morgan fingerprint density at radius 2 is 1.11 bits per heavy atom. The van der Waals surface area contributed by atoms with Crippen molar-refractivity contribution in [1.29, 1.82) is 0 Å². The molecule has 8 heteroatoms. The Labute approximate surface area is 195 Å². The minimum Gasteiger partial charge on any atom is -0.854 e. The van der Waals surface area contributed by atoms with Crippen LogP contribution in [0, 0.1) is 5.92 Å². The molecule has 0 unspecified atom stereocenters. The molecule has 0 aliphatic carbocycles. The van der Waals surface area contributed by atoms with Gasteiger partial charge in [-0.25, -0.2) is 9.45 Å². The molecule has 0 aromatic carbocycles. The average Bonchev–Trinajstić information content (AvgIpc) is 2.61. The summed E-state index contributed by atoms with van der Waals surface area (Å²) in [4.78, 5) is 21.2. The van der Waals surface area contributed by atoms with Crippen molar-refractivity contribution in [2.75, 3.05) is 13.2 Å². The zero-order valence-electron chi connectivity index (χ0n) is 18.9. The van der Waals surface area contributed by atoms with Crippen LogP contribution in [0.5, 0.6) is 0 Å². The predicted octanol–water partition coefficient (Wildman–Crippen LogP) is 2.52. The molecule has 0 atom stereocenters. The van der Waals surface area contributed by atoms with E-state index in [0.29, 0.717) is 5.92 Å². The summed E-state index contributed by atoms with van der Waals surface area (Å²) < 4.78 is 14.2. The van der Waals surface area contributed by atoms with E-state index in [1.54, 1.807) is 0 Å². The number of phosphoric acid groups is 1. The van der Waals surface area contributed by atoms with Crippen LogP contribution in [-0.4, -0.2) is 23.0 Å². The van der Waals surface area contributed by atoms with Crippen molar-refractivity contribution in [3.05, 3.63) is 0 Å². The first kappa shape index (κ1) is 33.7.